The normalized spacial score (nSPS) is 14.5. The molecule has 3 aromatic rings. The standard InChI is InChI=1S/C22H17F2N5O2/c1-2-19(30)29-9-8-15(12-29)28-22-16-11-14(27-21(16)25-13-26-22)5-4-10-31-18-7-3-6-17(23)20(18)24/h2-3,6-7,11,13H,1,8-10,12H2,(H,25,26,27). The second-order valence-electron chi connectivity index (χ2n) is 6.68. The molecule has 31 heavy (non-hydrogen) atoms. The van der Waals surface area contributed by atoms with Crippen LogP contribution in [-0.2, 0) is 4.79 Å². The van der Waals surface area contributed by atoms with E-state index in [9.17, 15) is 13.6 Å². The minimum absolute atomic E-state index is 0.121. The third kappa shape index (κ3) is 4.43. The number of carbonyl (C=O) groups is 1. The Kier molecular flexibility index (Phi) is 5.71. The number of rotatable bonds is 4. The fourth-order valence-corrected chi connectivity index (χ4v) is 3.12. The van der Waals surface area contributed by atoms with Crippen LogP contribution in [0.3, 0.4) is 0 Å². The van der Waals surface area contributed by atoms with Crippen LogP contribution in [0.15, 0.2) is 48.2 Å². The molecule has 1 aliphatic rings. The van der Waals surface area contributed by atoms with E-state index in [1.165, 1.54) is 24.5 Å². The predicted octanol–water partition coefficient (Wildman–Crippen LogP) is 3.16. The Bertz CT molecular complexity index is 1260. The number of amides is 1. The summed E-state index contributed by atoms with van der Waals surface area (Å²) in [5.41, 5.74) is 1.96. The molecular formula is C22H17F2N5O2. The summed E-state index contributed by atoms with van der Waals surface area (Å²) in [6.45, 7) is 4.40. The van der Waals surface area contributed by atoms with Gasteiger partial charge in [-0.1, -0.05) is 18.6 Å². The van der Waals surface area contributed by atoms with E-state index in [1.807, 2.05) is 0 Å². The van der Waals surface area contributed by atoms with Crippen molar-refractivity contribution < 1.29 is 18.3 Å². The Morgan fingerprint density at radius 1 is 1.39 bits per heavy atom. The molecule has 0 spiro atoms. The number of nitrogens with zero attached hydrogens (tertiary/aromatic N) is 4. The smallest absolute Gasteiger partial charge is 0.246 e. The molecule has 1 N–H and O–H groups in total. The number of hydrogen-bond donors (Lipinski definition) is 1. The van der Waals surface area contributed by atoms with E-state index in [0.717, 1.165) is 11.8 Å². The van der Waals surface area contributed by atoms with Gasteiger partial charge in [-0.2, -0.15) is 4.39 Å². The number of likely N-dealkylation sites (tertiary alicyclic amines) is 1. The first-order valence-corrected chi connectivity index (χ1v) is 9.42. The maximum absolute atomic E-state index is 13.6. The lowest BCUT2D eigenvalue weighted by Gasteiger charge is -2.10. The first-order valence-electron chi connectivity index (χ1n) is 9.42. The highest BCUT2D eigenvalue weighted by Gasteiger charge is 2.21. The molecule has 1 aliphatic heterocycles. The number of ether oxygens (including phenoxy) is 1. The lowest BCUT2D eigenvalue weighted by atomic mass is 10.3. The van der Waals surface area contributed by atoms with Gasteiger partial charge in [0.05, 0.1) is 17.6 Å². The van der Waals surface area contributed by atoms with Crippen LogP contribution in [0.5, 0.6) is 5.75 Å². The predicted molar refractivity (Wildman–Crippen MR) is 111 cm³/mol. The van der Waals surface area contributed by atoms with Gasteiger partial charge in [-0.05, 0) is 30.2 Å². The summed E-state index contributed by atoms with van der Waals surface area (Å²) in [5, 5.41) is 0.685. The summed E-state index contributed by atoms with van der Waals surface area (Å²) in [6, 6.07) is 5.46. The van der Waals surface area contributed by atoms with Crippen molar-refractivity contribution in [2.45, 2.75) is 6.42 Å². The number of fused-ring (bicyclic) bond motifs is 1. The number of carbonyl (C=O) groups excluding carboxylic acids is 1. The van der Waals surface area contributed by atoms with Crippen LogP contribution in [0, 0.1) is 23.5 Å². The molecule has 1 amide bonds. The molecule has 0 unspecified atom stereocenters. The maximum atomic E-state index is 13.6. The summed E-state index contributed by atoms with van der Waals surface area (Å²) in [5.74, 6) is 3.74. The van der Waals surface area contributed by atoms with Gasteiger partial charge in [0.15, 0.2) is 17.4 Å². The molecule has 1 aromatic carbocycles. The molecule has 4 rings (SSSR count). The van der Waals surface area contributed by atoms with Gasteiger partial charge < -0.3 is 14.6 Å². The second kappa shape index (κ2) is 8.75. The van der Waals surface area contributed by atoms with Crippen LogP contribution in [0.25, 0.3) is 11.0 Å². The summed E-state index contributed by atoms with van der Waals surface area (Å²) in [4.78, 5) is 29.5. The van der Waals surface area contributed by atoms with Crippen LogP contribution >= 0.6 is 0 Å². The van der Waals surface area contributed by atoms with Crippen LogP contribution in [0.1, 0.15) is 12.1 Å². The van der Waals surface area contributed by atoms with Gasteiger partial charge in [0, 0.05) is 18.7 Å². The van der Waals surface area contributed by atoms with E-state index in [0.29, 0.717) is 42.1 Å². The van der Waals surface area contributed by atoms with Gasteiger partial charge >= 0.3 is 0 Å². The Balaban J connectivity index is 1.49. The first-order chi connectivity index (χ1) is 15.0. The summed E-state index contributed by atoms with van der Waals surface area (Å²) in [6.07, 6.45) is 3.35. The van der Waals surface area contributed by atoms with Crippen LogP contribution in [-0.4, -0.2) is 51.2 Å². The molecule has 0 aliphatic carbocycles. The lowest BCUT2D eigenvalue weighted by molar-refractivity contribution is -0.124. The van der Waals surface area contributed by atoms with Gasteiger partial charge in [-0.15, -0.1) is 0 Å². The Labute approximate surface area is 176 Å². The second-order valence-corrected chi connectivity index (χ2v) is 6.68. The molecule has 9 heteroatoms. The quantitative estimate of drug-likeness (QED) is 0.518. The molecule has 7 nitrogen and oxygen atoms in total. The number of hydrogen-bond acceptors (Lipinski definition) is 5. The summed E-state index contributed by atoms with van der Waals surface area (Å²) < 4.78 is 31.9. The molecule has 0 atom stereocenters. The van der Waals surface area contributed by atoms with Crippen molar-refractivity contribution in [3.8, 4) is 17.6 Å². The number of halogens is 2. The van der Waals surface area contributed by atoms with E-state index in [-0.39, 0.29) is 18.3 Å². The third-order valence-electron chi connectivity index (χ3n) is 4.64. The van der Waals surface area contributed by atoms with Crippen LogP contribution < -0.4 is 4.74 Å². The Morgan fingerprint density at radius 2 is 2.26 bits per heavy atom. The first kappa shape index (κ1) is 20.2. The van der Waals surface area contributed by atoms with Gasteiger partial charge in [0.2, 0.25) is 11.7 Å². The number of nitrogens with one attached hydrogen (secondary N) is 1. The molecule has 156 valence electrons. The number of aromatic amines is 1. The van der Waals surface area contributed by atoms with Gasteiger partial charge in [0.1, 0.15) is 18.6 Å². The van der Waals surface area contributed by atoms with Crippen molar-refractivity contribution in [1.82, 2.24) is 19.9 Å². The zero-order valence-corrected chi connectivity index (χ0v) is 16.4. The molecule has 0 saturated carbocycles. The van der Waals surface area contributed by atoms with Crippen molar-refractivity contribution in [3.63, 3.8) is 0 Å². The highest BCUT2D eigenvalue weighted by molar-refractivity contribution is 5.99. The van der Waals surface area contributed by atoms with Crippen molar-refractivity contribution in [2.75, 3.05) is 19.7 Å². The SMILES string of the molecule is C=CC(=O)N1CCC(=Nc2ncnc3[nH]c(C#CCOc4cccc(F)c4F)cc23)C1. The van der Waals surface area contributed by atoms with Gasteiger partial charge in [-0.3, -0.25) is 4.79 Å². The fourth-order valence-electron chi connectivity index (χ4n) is 3.12. The average Bonchev–Trinajstić information content (AvgIpc) is 3.41. The van der Waals surface area contributed by atoms with E-state index in [4.69, 9.17) is 4.74 Å². The Hall–Kier alpha value is -4.06. The zero-order chi connectivity index (χ0) is 21.8. The van der Waals surface area contributed by atoms with Gasteiger partial charge in [-0.25, -0.2) is 19.4 Å². The molecule has 2 aromatic heterocycles. The number of aliphatic imine (C=N–C) groups is 1. The van der Waals surface area contributed by atoms with Crippen molar-refractivity contribution in [3.05, 3.63) is 60.6 Å². The third-order valence-corrected chi connectivity index (χ3v) is 4.64. The van der Waals surface area contributed by atoms with Gasteiger partial charge in [0.25, 0.3) is 0 Å². The molecule has 0 bridgehead atoms. The summed E-state index contributed by atoms with van der Waals surface area (Å²) in [7, 11) is 0. The average molecular weight is 421 g/mol. The molecule has 0 radical (unpaired) electrons. The number of H-pyrrole nitrogens is 1. The van der Waals surface area contributed by atoms with Crippen molar-refractivity contribution >= 4 is 28.5 Å². The Morgan fingerprint density at radius 3 is 3.10 bits per heavy atom. The van der Waals surface area contributed by atoms with Crippen molar-refractivity contribution in [1.29, 1.82) is 0 Å². The molecule has 3 heterocycles. The number of aromatic nitrogens is 3. The highest BCUT2D eigenvalue weighted by Crippen LogP contribution is 2.24. The minimum atomic E-state index is -1.05. The van der Waals surface area contributed by atoms with E-state index in [1.54, 1.807) is 11.0 Å². The minimum Gasteiger partial charge on any atom is -0.478 e. The number of benzene rings is 1. The van der Waals surface area contributed by atoms with E-state index < -0.39 is 11.6 Å². The van der Waals surface area contributed by atoms with Crippen LogP contribution in [0.4, 0.5) is 14.6 Å². The van der Waals surface area contributed by atoms with E-state index >= 15 is 0 Å². The monoisotopic (exact) mass is 421 g/mol. The molecular weight excluding hydrogens is 404 g/mol. The fraction of sp³-hybridized carbons (Fsp3) is 0.182. The summed E-state index contributed by atoms with van der Waals surface area (Å²) >= 11 is 0. The van der Waals surface area contributed by atoms with Crippen LogP contribution in [0.2, 0.25) is 0 Å². The van der Waals surface area contributed by atoms with E-state index in [2.05, 4.69) is 38.4 Å². The zero-order valence-electron chi connectivity index (χ0n) is 16.4. The highest BCUT2D eigenvalue weighted by atomic mass is 19.2. The topological polar surface area (TPSA) is 83.5 Å². The lowest BCUT2D eigenvalue weighted by Crippen LogP contribution is -2.26. The molecule has 1 saturated heterocycles. The molecule has 1 fully saturated rings. The largest absolute Gasteiger partial charge is 0.478 e. The van der Waals surface area contributed by atoms with Crippen molar-refractivity contribution in [2.24, 2.45) is 4.99 Å². The maximum Gasteiger partial charge on any atom is 0.246 e.